The predicted octanol–water partition coefficient (Wildman–Crippen LogP) is 3.77. The fourth-order valence-electron chi connectivity index (χ4n) is 4.36. The Balaban J connectivity index is 1.43. The van der Waals surface area contributed by atoms with Crippen molar-refractivity contribution >= 4 is 23.1 Å². The summed E-state index contributed by atoms with van der Waals surface area (Å²) in [6.45, 7) is 4.59. The van der Waals surface area contributed by atoms with Crippen molar-refractivity contribution in [2.24, 2.45) is 0 Å². The highest BCUT2D eigenvalue weighted by atomic mass is 32.1. The van der Waals surface area contributed by atoms with E-state index in [1.807, 2.05) is 17.5 Å². The van der Waals surface area contributed by atoms with E-state index in [0.29, 0.717) is 13.1 Å². The van der Waals surface area contributed by atoms with Gasteiger partial charge in [0, 0.05) is 30.7 Å². The topological polar surface area (TPSA) is 47.6 Å². The number of likely N-dealkylation sites (tertiary alicyclic amines) is 1. The summed E-state index contributed by atoms with van der Waals surface area (Å²) in [6.07, 6.45) is 4.85. The van der Waals surface area contributed by atoms with Crippen LogP contribution < -0.4 is 15.5 Å². The summed E-state index contributed by atoms with van der Waals surface area (Å²) < 4.78 is 0. The Bertz CT molecular complexity index is 786. The smallest absolute Gasteiger partial charge is 0.315 e. The molecule has 0 radical (unpaired) electrons. The molecule has 0 spiro atoms. The van der Waals surface area contributed by atoms with Gasteiger partial charge < -0.3 is 15.5 Å². The lowest BCUT2D eigenvalue weighted by molar-refractivity contribution is 0.220. The maximum absolute atomic E-state index is 12.3. The van der Waals surface area contributed by atoms with Crippen LogP contribution in [0.1, 0.15) is 41.3 Å². The number of hydrogen-bond acceptors (Lipinski definition) is 4. The number of rotatable bonds is 6. The molecule has 0 unspecified atom stereocenters. The minimum Gasteiger partial charge on any atom is -0.374 e. The molecule has 150 valence electrons. The molecule has 2 N–H and O–H groups in total. The molecule has 28 heavy (non-hydrogen) atoms. The van der Waals surface area contributed by atoms with Crippen LogP contribution in [0, 0.1) is 0 Å². The second-order valence-electron chi connectivity index (χ2n) is 7.82. The third-order valence-electron chi connectivity index (χ3n) is 5.88. The van der Waals surface area contributed by atoms with Crippen molar-refractivity contribution in [2.45, 2.75) is 38.3 Å². The van der Waals surface area contributed by atoms with Crippen molar-refractivity contribution in [2.75, 3.05) is 38.1 Å². The fraction of sp³-hybridized carbons (Fsp3) is 0.500. The number of aryl methyl sites for hydroxylation is 1. The minimum atomic E-state index is -0.0877. The van der Waals surface area contributed by atoms with Crippen molar-refractivity contribution in [3.8, 4) is 0 Å². The number of urea groups is 1. The lowest BCUT2D eigenvalue weighted by Gasteiger charge is -2.32. The van der Waals surface area contributed by atoms with E-state index in [4.69, 9.17) is 0 Å². The third kappa shape index (κ3) is 4.50. The number of benzene rings is 1. The average molecular weight is 399 g/mol. The number of nitrogens with one attached hydrogen (secondary N) is 2. The standard InChI is InChI=1S/C22H30N4OS/c1-25-10-4-6-17-14-18(8-9-20(17)25)21(26-11-2-3-12-26)16-24-22(27)23-15-19-7-5-13-28-19/h5,7-9,13-14,21H,2-4,6,10-12,15-16H2,1H3,(H2,23,24,27)/t21-/m0/s1. The molecule has 1 aromatic heterocycles. The molecule has 2 amide bonds. The number of carbonyl (C=O) groups excluding carboxylic acids is 1. The predicted molar refractivity (Wildman–Crippen MR) is 116 cm³/mol. The Labute approximate surface area is 171 Å². The first-order valence-corrected chi connectivity index (χ1v) is 11.2. The van der Waals surface area contributed by atoms with Gasteiger partial charge in [-0.1, -0.05) is 18.2 Å². The van der Waals surface area contributed by atoms with Crippen LogP contribution in [0.4, 0.5) is 10.5 Å². The van der Waals surface area contributed by atoms with Crippen molar-refractivity contribution in [3.05, 3.63) is 51.7 Å². The first kappa shape index (κ1) is 19.3. The number of hydrogen-bond donors (Lipinski definition) is 2. The quantitative estimate of drug-likeness (QED) is 0.779. The molecular weight excluding hydrogens is 368 g/mol. The molecule has 1 fully saturated rings. The second-order valence-corrected chi connectivity index (χ2v) is 8.85. The second kappa shape index (κ2) is 8.97. The Kier molecular flexibility index (Phi) is 6.17. The van der Waals surface area contributed by atoms with Crippen LogP contribution in [-0.2, 0) is 13.0 Å². The minimum absolute atomic E-state index is 0.0877. The molecule has 3 heterocycles. The van der Waals surface area contributed by atoms with Crippen molar-refractivity contribution < 1.29 is 4.79 Å². The summed E-state index contributed by atoms with van der Waals surface area (Å²) in [5.41, 5.74) is 4.13. The van der Waals surface area contributed by atoms with Gasteiger partial charge in [0.1, 0.15) is 0 Å². The number of nitrogens with zero attached hydrogens (tertiary/aromatic N) is 2. The average Bonchev–Trinajstić information content (AvgIpc) is 3.41. The summed E-state index contributed by atoms with van der Waals surface area (Å²) in [5.74, 6) is 0. The highest BCUT2D eigenvalue weighted by molar-refractivity contribution is 7.09. The highest BCUT2D eigenvalue weighted by Crippen LogP contribution is 2.31. The molecule has 0 bridgehead atoms. The van der Waals surface area contributed by atoms with Gasteiger partial charge in [-0.15, -0.1) is 11.3 Å². The maximum atomic E-state index is 12.3. The van der Waals surface area contributed by atoms with Gasteiger partial charge >= 0.3 is 6.03 Å². The van der Waals surface area contributed by atoms with Gasteiger partial charge in [0.2, 0.25) is 0 Å². The zero-order valence-electron chi connectivity index (χ0n) is 16.6. The summed E-state index contributed by atoms with van der Waals surface area (Å²) in [4.78, 5) is 18.4. The van der Waals surface area contributed by atoms with Crippen LogP contribution in [0.5, 0.6) is 0 Å². The van der Waals surface area contributed by atoms with Gasteiger partial charge in [0.05, 0.1) is 12.6 Å². The molecule has 1 saturated heterocycles. The summed E-state index contributed by atoms with van der Waals surface area (Å²) in [5, 5.41) is 8.12. The number of carbonyl (C=O) groups is 1. The molecule has 4 rings (SSSR count). The van der Waals surface area contributed by atoms with Crippen molar-refractivity contribution in [1.82, 2.24) is 15.5 Å². The summed E-state index contributed by atoms with van der Waals surface area (Å²) in [7, 11) is 2.18. The first-order chi connectivity index (χ1) is 13.7. The van der Waals surface area contributed by atoms with Crippen LogP contribution >= 0.6 is 11.3 Å². The van der Waals surface area contributed by atoms with E-state index in [9.17, 15) is 4.79 Å². The van der Waals surface area contributed by atoms with Crippen LogP contribution in [0.15, 0.2) is 35.7 Å². The molecule has 0 aliphatic carbocycles. The summed E-state index contributed by atoms with van der Waals surface area (Å²) >= 11 is 1.67. The van der Waals surface area contributed by atoms with E-state index >= 15 is 0 Å². The van der Waals surface area contributed by atoms with E-state index in [1.54, 1.807) is 11.3 Å². The van der Waals surface area contributed by atoms with Crippen LogP contribution in [0.3, 0.4) is 0 Å². The van der Waals surface area contributed by atoms with Gasteiger partial charge in [-0.3, -0.25) is 4.90 Å². The van der Waals surface area contributed by atoms with E-state index in [0.717, 1.165) is 26.1 Å². The summed E-state index contributed by atoms with van der Waals surface area (Å²) in [6, 6.07) is 11.1. The Morgan fingerprint density at radius 1 is 1.14 bits per heavy atom. The maximum Gasteiger partial charge on any atom is 0.315 e. The molecule has 1 aromatic carbocycles. The molecule has 0 saturated carbocycles. The SMILES string of the molecule is CN1CCCc2cc([C@H](CNC(=O)NCc3cccs3)N3CCCC3)ccc21. The van der Waals surface area contributed by atoms with E-state index < -0.39 is 0 Å². The number of amides is 2. The third-order valence-corrected chi connectivity index (χ3v) is 6.76. The van der Waals surface area contributed by atoms with Gasteiger partial charge in [0.15, 0.2) is 0 Å². The van der Waals surface area contributed by atoms with E-state index in [-0.39, 0.29) is 12.1 Å². The zero-order chi connectivity index (χ0) is 19.3. The molecule has 2 aromatic rings. The van der Waals surface area contributed by atoms with Crippen LogP contribution in [-0.4, -0.2) is 44.2 Å². The molecular formula is C22H30N4OS. The largest absolute Gasteiger partial charge is 0.374 e. The van der Waals surface area contributed by atoms with Gasteiger partial charge in [0.25, 0.3) is 0 Å². The molecule has 1 atom stereocenters. The van der Waals surface area contributed by atoms with Crippen LogP contribution in [0.2, 0.25) is 0 Å². The number of anilines is 1. The molecule has 6 heteroatoms. The molecule has 2 aliphatic rings. The van der Waals surface area contributed by atoms with Crippen molar-refractivity contribution in [3.63, 3.8) is 0 Å². The Hall–Kier alpha value is -2.05. The van der Waals surface area contributed by atoms with Gasteiger partial charge in [-0.25, -0.2) is 4.79 Å². The van der Waals surface area contributed by atoms with Gasteiger partial charge in [-0.2, -0.15) is 0 Å². The zero-order valence-corrected chi connectivity index (χ0v) is 17.4. The lowest BCUT2D eigenvalue weighted by atomic mass is 9.96. The molecule has 5 nitrogen and oxygen atoms in total. The highest BCUT2D eigenvalue weighted by Gasteiger charge is 2.25. The number of thiophene rings is 1. The number of fused-ring (bicyclic) bond motifs is 1. The fourth-order valence-corrected chi connectivity index (χ4v) is 5.00. The molecule has 2 aliphatic heterocycles. The lowest BCUT2D eigenvalue weighted by Crippen LogP contribution is -2.41. The van der Waals surface area contributed by atoms with Crippen LogP contribution in [0.25, 0.3) is 0 Å². The monoisotopic (exact) mass is 398 g/mol. The van der Waals surface area contributed by atoms with Crippen molar-refractivity contribution in [1.29, 1.82) is 0 Å². The first-order valence-electron chi connectivity index (χ1n) is 10.3. The Morgan fingerprint density at radius 2 is 2.00 bits per heavy atom. The van der Waals surface area contributed by atoms with Gasteiger partial charge in [-0.05, 0) is 67.4 Å². The Morgan fingerprint density at radius 3 is 2.79 bits per heavy atom. The normalized spacial score (nSPS) is 18.0. The van der Waals surface area contributed by atoms with E-state index in [1.165, 1.54) is 41.0 Å². The van der Waals surface area contributed by atoms with E-state index in [2.05, 4.69) is 45.7 Å².